The maximum Gasteiger partial charge on any atom is 0.0492 e. The molecule has 0 saturated heterocycles. The maximum absolute atomic E-state index is 5.93. The van der Waals surface area contributed by atoms with Gasteiger partial charge in [0.25, 0.3) is 0 Å². The van der Waals surface area contributed by atoms with Gasteiger partial charge in [-0.2, -0.15) is 0 Å². The van der Waals surface area contributed by atoms with Gasteiger partial charge in [-0.05, 0) is 24.6 Å². The van der Waals surface area contributed by atoms with Gasteiger partial charge in [0.15, 0.2) is 0 Å². The Bertz CT molecular complexity index is 471. The van der Waals surface area contributed by atoms with Crippen molar-refractivity contribution in [1.82, 2.24) is 4.57 Å². The Morgan fingerprint density at radius 1 is 1.43 bits per heavy atom. The Balaban J connectivity index is 2.86. The number of fused-ring (bicyclic) bond motifs is 1. The highest BCUT2D eigenvalue weighted by atomic mass is 79.9. The smallest absolute Gasteiger partial charge is 0.0492 e. The maximum atomic E-state index is 5.93. The highest BCUT2D eigenvalue weighted by Crippen LogP contribution is 2.31. The molecule has 1 atom stereocenters. The Morgan fingerprint density at radius 3 is 2.79 bits per heavy atom. The molecule has 0 bridgehead atoms. The number of hydrogen-bond acceptors (Lipinski definition) is 1. The SMILES string of the molecule is CC(N)c1cn(C)c2cccc(Br)c12. The Kier molecular flexibility index (Phi) is 2.37. The number of nitrogens with zero attached hydrogens (tertiary/aromatic N) is 1. The van der Waals surface area contributed by atoms with Crippen molar-refractivity contribution in [2.75, 3.05) is 0 Å². The number of aryl methyl sites for hydroxylation is 1. The summed E-state index contributed by atoms with van der Waals surface area (Å²) < 4.78 is 3.22. The molecule has 2 aromatic rings. The van der Waals surface area contributed by atoms with Crippen molar-refractivity contribution in [3.63, 3.8) is 0 Å². The highest BCUT2D eigenvalue weighted by molar-refractivity contribution is 9.10. The third-order valence-corrected chi connectivity index (χ3v) is 3.14. The largest absolute Gasteiger partial charge is 0.350 e. The third kappa shape index (κ3) is 1.37. The van der Waals surface area contributed by atoms with Gasteiger partial charge in [-0.15, -0.1) is 0 Å². The first kappa shape index (κ1) is 9.74. The van der Waals surface area contributed by atoms with E-state index in [0.29, 0.717) is 0 Å². The molecule has 3 heteroatoms. The van der Waals surface area contributed by atoms with Crippen molar-refractivity contribution in [2.45, 2.75) is 13.0 Å². The summed E-state index contributed by atoms with van der Waals surface area (Å²) >= 11 is 3.56. The minimum absolute atomic E-state index is 0.0670. The molecule has 1 heterocycles. The molecular weight excluding hydrogens is 240 g/mol. The van der Waals surface area contributed by atoms with E-state index in [1.54, 1.807) is 0 Å². The van der Waals surface area contributed by atoms with Crippen molar-refractivity contribution in [3.8, 4) is 0 Å². The average Bonchev–Trinajstić information content (AvgIpc) is 2.46. The van der Waals surface area contributed by atoms with Crippen molar-refractivity contribution >= 4 is 26.8 Å². The lowest BCUT2D eigenvalue weighted by molar-refractivity contribution is 0.815. The van der Waals surface area contributed by atoms with E-state index >= 15 is 0 Å². The molecule has 2 nitrogen and oxygen atoms in total. The lowest BCUT2D eigenvalue weighted by Crippen LogP contribution is -2.03. The van der Waals surface area contributed by atoms with Gasteiger partial charge >= 0.3 is 0 Å². The summed E-state index contributed by atoms with van der Waals surface area (Å²) in [5.74, 6) is 0. The summed E-state index contributed by atoms with van der Waals surface area (Å²) in [5.41, 5.74) is 8.33. The van der Waals surface area contributed by atoms with Crippen LogP contribution >= 0.6 is 15.9 Å². The molecule has 2 rings (SSSR count). The van der Waals surface area contributed by atoms with Crippen LogP contribution in [0, 0.1) is 0 Å². The standard InChI is InChI=1S/C11H13BrN2/c1-7(13)8-6-14(2)10-5-3-4-9(12)11(8)10/h3-7H,13H2,1-2H3. The zero-order valence-corrected chi connectivity index (χ0v) is 9.88. The average molecular weight is 253 g/mol. The molecule has 0 radical (unpaired) electrons. The second-order valence-corrected chi connectivity index (χ2v) is 4.47. The van der Waals surface area contributed by atoms with Crippen molar-refractivity contribution in [3.05, 3.63) is 34.4 Å². The molecule has 74 valence electrons. The monoisotopic (exact) mass is 252 g/mol. The van der Waals surface area contributed by atoms with Crippen molar-refractivity contribution < 1.29 is 0 Å². The fourth-order valence-electron chi connectivity index (χ4n) is 1.78. The lowest BCUT2D eigenvalue weighted by atomic mass is 10.1. The Hall–Kier alpha value is -0.800. The minimum atomic E-state index is 0.0670. The molecule has 14 heavy (non-hydrogen) atoms. The zero-order chi connectivity index (χ0) is 10.3. The van der Waals surface area contributed by atoms with E-state index in [0.717, 1.165) is 4.47 Å². The van der Waals surface area contributed by atoms with Crippen LogP contribution in [0.15, 0.2) is 28.9 Å². The Morgan fingerprint density at radius 2 is 2.14 bits per heavy atom. The van der Waals surface area contributed by atoms with E-state index in [4.69, 9.17) is 5.73 Å². The topological polar surface area (TPSA) is 30.9 Å². The molecule has 0 aliphatic carbocycles. The molecule has 0 saturated carbocycles. The molecule has 2 N–H and O–H groups in total. The van der Waals surface area contributed by atoms with Gasteiger partial charge < -0.3 is 10.3 Å². The molecule has 0 fully saturated rings. The first-order chi connectivity index (χ1) is 6.61. The number of aromatic nitrogens is 1. The summed E-state index contributed by atoms with van der Waals surface area (Å²) in [7, 11) is 2.04. The van der Waals surface area contributed by atoms with Gasteiger partial charge in [-0.1, -0.05) is 22.0 Å². The summed E-state index contributed by atoms with van der Waals surface area (Å²) in [6.45, 7) is 2.01. The second kappa shape index (κ2) is 3.41. The number of hydrogen-bond donors (Lipinski definition) is 1. The van der Waals surface area contributed by atoms with Gasteiger partial charge in [-0.3, -0.25) is 0 Å². The highest BCUT2D eigenvalue weighted by Gasteiger charge is 2.11. The fraction of sp³-hybridized carbons (Fsp3) is 0.273. The molecule has 1 aromatic carbocycles. The molecule has 0 aliphatic rings. The fourth-order valence-corrected chi connectivity index (χ4v) is 2.37. The van der Waals surface area contributed by atoms with Gasteiger partial charge in [0.1, 0.15) is 0 Å². The van der Waals surface area contributed by atoms with Gasteiger partial charge in [-0.25, -0.2) is 0 Å². The number of nitrogens with two attached hydrogens (primary N) is 1. The van der Waals surface area contributed by atoms with Gasteiger partial charge in [0.2, 0.25) is 0 Å². The molecule has 1 unspecified atom stereocenters. The minimum Gasteiger partial charge on any atom is -0.350 e. The molecule has 0 aliphatic heterocycles. The normalized spacial score (nSPS) is 13.4. The summed E-state index contributed by atoms with van der Waals surface area (Å²) in [5, 5.41) is 1.23. The quantitative estimate of drug-likeness (QED) is 0.832. The number of halogens is 1. The van der Waals surface area contributed by atoms with E-state index in [2.05, 4.69) is 32.8 Å². The van der Waals surface area contributed by atoms with Crippen LogP contribution in [0.1, 0.15) is 18.5 Å². The van der Waals surface area contributed by atoms with Crippen LogP contribution in [0.2, 0.25) is 0 Å². The van der Waals surface area contributed by atoms with Crippen LogP contribution in [0.5, 0.6) is 0 Å². The molecule has 0 spiro atoms. The van der Waals surface area contributed by atoms with E-state index in [9.17, 15) is 0 Å². The molecule has 0 amide bonds. The first-order valence-electron chi connectivity index (χ1n) is 4.60. The number of rotatable bonds is 1. The van der Waals surface area contributed by atoms with Crippen LogP contribution in [-0.2, 0) is 7.05 Å². The van der Waals surface area contributed by atoms with Gasteiger partial charge in [0, 0.05) is 34.7 Å². The predicted molar refractivity (Wildman–Crippen MR) is 63.2 cm³/mol. The van der Waals surface area contributed by atoms with Crippen molar-refractivity contribution in [1.29, 1.82) is 0 Å². The molecular formula is C11H13BrN2. The van der Waals surface area contributed by atoms with Crippen molar-refractivity contribution in [2.24, 2.45) is 12.8 Å². The molecule has 1 aromatic heterocycles. The van der Waals surface area contributed by atoms with Crippen LogP contribution < -0.4 is 5.73 Å². The van der Waals surface area contributed by atoms with Crippen LogP contribution in [-0.4, -0.2) is 4.57 Å². The van der Waals surface area contributed by atoms with Crippen LogP contribution in [0.25, 0.3) is 10.9 Å². The summed E-state index contributed by atoms with van der Waals surface area (Å²) in [6, 6.07) is 6.26. The summed E-state index contributed by atoms with van der Waals surface area (Å²) in [4.78, 5) is 0. The van der Waals surface area contributed by atoms with E-state index in [1.165, 1.54) is 16.5 Å². The third-order valence-electron chi connectivity index (χ3n) is 2.48. The van der Waals surface area contributed by atoms with Crippen LogP contribution in [0.4, 0.5) is 0 Å². The summed E-state index contributed by atoms with van der Waals surface area (Å²) in [6.07, 6.45) is 2.10. The Labute approximate surface area is 91.8 Å². The lowest BCUT2D eigenvalue weighted by Gasteiger charge is -2.03. The second-order valence-electron chi connectivity index (χ2n) is 3.62. The zero-order valence-electron chi connectivity index (χ0n) is 8.29. The van der Waals surface area contributed by atoms with E-state index < -0.39 is 0 Å². The van der Waals surface area contributed by atoms with E-state index in [1.807, 2.05) is 26.1 Å². The van der Waals surface area contributed by atoms with Crippen LogP contribution in [0.3, 0.4) is 0 Å². The first-order valence-corrected chi connectivity index (χ1v) is 5.39. The number of benzene rings is 1. The predicted octanol–water partition coefficient (Wildman–Crippen LogP) is 2.96. The van der Waals surface area contributed by atoms with Gasteiger partial charge in [0.05, 0.1) is 0 Å². The van der Waals surface area contributed by atoms with E-state index in [-0.39, 0.29) is 6.04 Å².